The number of rotatable bonds is 5. The van der Waals surface area contributed by atoms with Crippen LogP contribution in [0.25, 0.3) is 33.9 Å². The SMILES string of the molecule is CCn1nnc2ccc(-c3noc(-c4ccc(OC)c(OC)c4)n3)cc21. The Labute approximate surface area is 149 Å². The Morgan fingerprint density at radius 3 is 2.58 bits per heavy atom. The molecule has 4 aromatic rings. The molecule has 8 heteroatoms. The van der Waals surface area contributed by atoms with Crippen LogP contribution in [-0.4, -0.2) is 39.4 Å². The molecule has 0 spiro atoms. The fourth-order valence-electron chi connectivity index (χ4n) is 2.77. The normalized spacial score (nSPS) is 11.0. The van der Waals surface area contributed by atoms with Crippen LogP contribution in [0.4, 0.5) is 0 Å². The Kier molecular flexibility index (Phi) is 4.00. The summed E-state index contributed by atoms with van der Waals surface area (Å²) in [4.78, 5) is 4.50. The molecule has 26 heavy (non-hydrogen) atoms. The molecular formula is C18H17N5O3. The van der Waals surface area contributed by atoms with Gasteiger partial charge < -0.3 is 14.0 Å². The van der Waals surface area contributed by atoms with E-state index in [0.717, 1.165) is 28.7 Å². The molecule has 0 saturated heterocycles. The third kappa shape index (κ3) is 2.65. The van der Waals surface area contributed by atoms with Crippen LogP contribution in [0.5, 0.6) is 11.5 Å². The van der Waals surface area contributed by atoms with Gasteiger partial charge in [0, 0.05) is 17.7 Å². The molecule has 0 fully saturated rings. The van der Waals surface area contributed by atoms with Gasteiger partial charge in [-0.15, -0.1) is 5.10 Å². The second kappa shape index (κ2) is 6.47. The highest BCUT2D eigenvalue weighted by molar-refractivity contribution is 5.80. The zero-order valence-corrected chi connectivity index (χ0v) is 14.6. The largest absolute Gasteiger partial charge is 0.493 e. The number of hydrogen-bond acceptors (Lipinski definition) is 7. The minimum atomic E-state index is 0.406. The molecule has 0 atom stereocenters. The van der Waals surface area contributed by atoms with Gasteiger partial charge in [-0.1, -0.05) is 10.4 Å². The second-order valence-corrected chi connectivity index (χ2v) is 5.60. The van der Waals surface area contributed by atoms with Crippen molar-refractivity contribution in [2.45, 2.75) is 13.5 Å². The lowest BCUT2D eigenvalue weighted by atomic mass is 10.2. The summed E-state index contributed by atoms with van der Waals surface area (Å²) in [5.74, 6) is 2.15. The van der Waals surface area contributed by atoms with Gasteiger partial charge in [-0.25, -0.2) is 4.68 Å². The summed E-state index contributed by atoms with van der Waals surface area (Å²) in [5.41, 5.74) is 3.36. The predicted molar refractivity (Wildman–Crippen MR) is 95.0 cm³/mol. The van der Waals surface area contributed by atoms with Crippen LogP contribution < -0.4 is 9.47 Å². The van der Waals surface area contributed by atoms with Gasteiger partial charge in [-0.3, -0.25) is 0 Å². The Balaban J connectivity index is 1.72. The summed E-state index contributed by atoms with van der Waals surface area (Å²) in [6.07, 6.45) is 0. The Hall–Kier alpha value is -3.42. The summed E-state index contributed by atoms with van der Waals surface area (Å²) < 4.78 is 17.8. The van der Waals surface area contributed by atoms with Crippen molar-refractivity contribution in [1.29, 1.82) is 0 Å². The molecule has 0 radical (unpaired) electrons. The highest BCUT2D eigenvalue weighted by Gasteiger charge is 2.14. The van der Waals surface area contributed by atoms with E-state index in [1.54, 1.807) is 26.4 Å². The van der Waals surface area contributed by atoms with Crippen LogP contribution in [0.15, 0.2) is 40.9 Å². The standard InChI is InChI=1S/C18H17N5O3/c1-4-23-14-9-11(5-7-13(14)20-22-23)17-19-18(26-21-17)12-6-8-15(24-2)16(10-12)25-3/h5-10H,4H2,1-3H3. The van der Waals surface area contributed by atoms with Crippen molar-refractivity contribution in [3.63, 3.8) is 0 Å². The van der Waals surface area contributed by atoms with Gasteiger partial charge in [0.2, 0.25) is 5.82 Å². The average molecular weight is 351 g/mol. The smallest absolute Gasteiger partial charge is 0.258 e. The summed E-state index contributed by atoms with van der Waals surface area (Å²) in [6.45, 7) is 2.76. The summed E-state index contributed by atoms with van der Waals surface area (Å²) in [6, 6.07) is 11.2. The maximum atomic E-state index is 5.43. The lowest BCUT2D eigenvalue weighted by Crippen LogP contribution is -1.96. The fourth-order valence-corrected chi connectivity index (χ4v) is 2.77. The van der Waals surface area contributed by atoms with Gasteiger partial charge in [0.1, 0.15) is 5.52 Å². The van der Waals surface area contributed by atoms with Gasteiger partial charge in [-0.05, 0) is 43.3 Å². The Morgan fingerprint density at radius 1 is 1.00 bits per heavy atom. The van der Waals surface area contributed by atoms with E-state index in [4.69, 9.17) is 14.0 Å². The number of benzene rings is 2. The summed E-state index contributed by atoms with van der Waals surface area (Å²) in [5, 5.41) is 12.3. The molecule has 2 heterocycles. The second-order valence-electron chi connectivity index (χ2n) is 5.60. The first-order valence-electron chi connectivity index (χ1n) is 8.13. The molecule has 0 aliphatic rings. The van der Waals surface area contributed by atoms with Crippen molar-refractivity contribution in [3.05, 3.63) is 36.4 Å². The molecule has 0 unspecified atom stereocenters. The zero-order chi connectivity index (χ0) is 18.1. The Bertz CT molecular complexity index is 1070. The van der Waals surface area contributed by atoms with Crippen LogP contribution in [0, 0.1) is 0 Å². The molecule has 0 bridgehead atoms. The lowest BCUT2D eigenvalue weighted by Gasteiger charge is -2.07. The molecule has 0 saturated carbocycles. The monoisotopic (exact) mass is 351 g/mol. The first kappa shape index (κ1) is 16.1. The van der Waals surface area contributed by atoms with Gasteiger partial charge >= 0.3 is 0 Å². The van der Waals surface area contributed by atoms with E-state index in [2.05, 4.69) is 20.5 Å². The van der Waals surface area contributed by atoms with Crippen LogP contribution in [0.1, 0.15) is 6.92 Å². The number of nitrogens with zero attached hydrogens (tertiary/aromatic N) is 5. The maximum absolute atomic E-state index is 5.43. The minimum Gasteiger partial charge on any atom is -0.493 e. The van der Waals surface area contributed by atoms with E-state index < -0.39 is 0 Å². The number of aryl methyl sites for hydroxylation is 1. The van der Waals surface area contributed by atoms with Gasteiger partial charge in [-0.2, -0.15) is 4.98 Å². The van der Waals surface area contributed by atoms with Crippen molar-refractivity contribution in [2.24, 2.45) is 0 Å². The van der Waals surface area contributed by atoms with Gasteiger partial charge in [0.15, 0.2) is 11.5 Å². The molecule has 0 amide bonds. The number of fused-ring (bicyclic) bond motifs is 1. The van der Waals surface area contributed by atoms with Gasteiger partial charge in [0.05, 0.1) is 19.7 Å². The van der Waals surface area contributed by atoms with Crippen molar-refractivity contribution in [2.75, 3.05) is 14.2 Å². The van der Waals surface area contributed by atoms with Crippen molar-refractivity contribution < 1.29 is 14.0 Å². The third-order valence-corrected chi connectivity index (χ3v) is 4.13. The molecule has 0 aliphatic heterocycles. The molecule has 8 nitrogen and oxygen atoms in total. The van der Waals surface area contributed by atoms with Crippen molar-refractivity contribution in [1.82, 2.24) is 25.1 Å². The van der Waals surface area contributed by atoms with E-state index in [0.29, 0.717) is 23.2 Å². The maximum Gasteiger partial charge on any atom is 0.258 e. The first-order valence-corrected chi connectivity index (χ1v) is 8.13. The number of ether oxygens (including phenoxy) is 2. The molecule has 2 aromatic heterocycles. The summed E-state index contributed by atoms with van der Waals surface area (Å²) >= 11 is 0. The zero-order valence-electron chi connectivity index (χ0n) is 14.6. The van der Waals surface area contributed by atoms with Gasteiger partial charge in [0.25, 0.3) is 5.89 Å². The quantitative estimate of drug-likeness (QED) is 0.545. The van der Waals surface area contributed by atoms with Crippen molar-refractivity contribution in [3.8, 4) is 34.3 Å². The van der Waals surface area contributed by atoms with Crippen molar-refractivity contribution >= 4 is 11.0 Å². The van der Waals surface area contributed by atoms with E-state index in [1.807, 2.05) is 35.9 Å². The number of aromatic nitrogens is 5. The predicted octanol–water partition coefficient (Wildman–Crippen LogP) is 3.19. The average Bonchev–Trinajstić information content (AvgIpc) is 3.33. The molecular weight excluding hydrogens is 334 g/mol. The first-order chi connectivity index (χ1) is 12.7. The molecule has 4 rings (SSSR count). The highest BCUT2D eigenvalue weighted by Crippen LogP contribution is 2.32. The van der Waals surface area contributed by atoms with E-state index >= 15 is 0 Å². The topological polar surface area (TPSA) is 88.1 Å². The third-order valence-electron chi connectivity index (χ3n) is 4.13. The molecule has 132 valence electrons. The highest BCUT2D eigenvalue weighted by atomic mass is 16.5. The van der Waals surface area contributed by atoms with E-state index in [1.165, 1.54) is 0 Å². The minimum absolute atomic E-state index is 0.406. The molecule has 0 N–H and O–H groups in total. The summed E-state index contributed by atoms with van der Waals surface area (Å²) in [7, 11) is 3.18. The van der Waals surface area contributed by atoms with Crippen LogP contribution in [0.2, 0.25) is 0 Å². The molecule has 2 aromatic carbocycles. The number of methoxy groups -OCH3 is 2. The van der Waals surface area contributed by atoms with Crippen LogP contribution in [0.3, 0.4) is 0 Å². The van der Waals surface area contributed by atoms with Crippen LogP contribution >= 0.6 is 0 Å². The number of hydrogen-bond donors (Lipinski definition) is 0. The van der Waals surface area contributed by atoms with E-state index in [-0.39, 0.29) is 0 Å². The lowest BCUT2D eigenvalue weighted by molar-refractivity contribution is 0.355. The fraction of sp³-hybridized carbons (Fsp3) is 0.222. The molecule has 0 aliphatic carbocycles. The van der Waals surface area contributed by atoms with Crippen LogP contribution in [-0.2, 0) is 6.54 Å². The Morgan fingerprint density at radius 2 is 1.81 bits per heavy atom. The van der Waals surface area contributed by atoms with E-state index in [9.17, 15) is 0 Å².